The zero-order valence-electron chi connectivity index (χ0n) is 14.5. The van der Waals surface area contributed by atoms with E-state index < -0.39 is 0 Å². The molecule has 0 saturated heterocycles. The predicted molar refractivity (Wildman–Crippen MR) is 93.5 cm³/mol. The van der Waals surface area contributed by atoms with E-state index >= 15 is 0 Å². The smallest absolute Gasteiger partial charge is 0.251 e. The van der Waals surface area contributed by atoms with Crippen LogP contribution in [0.5, 0.6) is 0 Å². The average Bonchev–Trinajstić information content (AvgIpc) is 3.05. The Labute approximate surface area is 143 Å². The minimum atomic E-state index is -0.382. The van der Waals surface area contributed by atoms with Crippen LogP contribution in [0.1, 0.15) is 42.5 Å². The van der Waals surface area contributed by atoms with Crippen LogP contribution >= 0.6 is 0 Å². The molecule has 0 aliphatic heterocycles. The number of amides is 1. The molecule has 1 unspecified atom stereocenters. The molecule has 130 valence electrons. The topological polar surface area (TPSA) is 65.7 Å². The number of carbonyl (C=O) groups is 1. The Morgan fingerprint density at radius 1 is 1.25 bits per heavy atom. The number of nitrogens with zero attached hydrogens (tertiary/aromatic N) is 1. The zero-order valence-corrected chi connectivity index (χ0v) is 14.5. The van der Waals surface area contributed by atoms with Gasteiger partial charge >= 0.3 is 0 Å². The number of hydrogen-bond acceptors (Lipinski definition) is 4. The van der Waals surface area contributed by atoms with E-state index in [9.17, 15) is 9.90 Å². The van der Waals surface area contributed by atoms with Crippen molar-refractivity contribution in [3.05, 3.63) is 59.5 Å². The van der Waals surface area contributed by atoms with E-state index in [1.54, 1.807) is 25.3 Å². The lowest BCUT2D eigenvalue weighted by Crippen LogP contribution is -2.36. The molecule has 2 aromatic rings. The van der Waals surface area contributed by atoms with E-state index in [4.69, 9.17) is 4.42 Å². The van der Waals surface area contributed by atoms with Crippen LogP contribution in [0.15, 0.2) is 47.1 Å². The van der Waals surface area contributed by atoms with Crippen molar-refractivity contribution in [2.75, 3.05) is 6.54 Å². The Kier molecular flexibility index (Phi) is 6.58. The number of aliphatic hydroxyl groups is 1. The number of aliphatic hydroxyl groups excluding tert-OH is 1. The number of furan rings is 1. The van der Waals surface area contributed by atoms with Crippen LogP contribution in [0, 0.1) is 0 Å². The van der Waals surface area contributed by atoms with Gasteiger partial charge in [-0.25, -0.2) is 0 Å². The van der Waals surface area contributed by atoms with Crippen molar-refractivity contribution < 1.29 is 14.3 Å². The van der Waals surface area contributed by atoms with Crippen LogP contribution < -0.4 is 5.32 Å². The third-order valence-electron chi connectivity index (χ3n) is 3.81. The van der Waals surface area contributed by atoms with Gasteiger partial charge in [-0.15, -0.1) is 0 Å². The highest BCUT2D eigenvalue weighted by Gasteiger charge is 2.14. The van der Waals surface area contributed by atoms with Crippen LogP contribution in [0.3, 0.4) is 0 Å². The van der Waals surface area contributed by atoms with Gasteiger partial charge in [0.2, 0.25) is 0 Å². The Bertz CT molecular complexity index is 636. The third-order valence-corrected chi connectivity index (χ3v) is 3.81. The maximum Gasteiger partial charge on any atom is 0.251 e. The lowest BCUT2D eigenvalue weighted by Gasteiger charge is -2.27. The highest BCUT2D eigenvalue weighted by atomic mass is 16.3. The standard InChI is InChI=1S/C19H26N2O3/c1-14(2)21(12-15(3)22)13-16-6-4-7-17(10-16)19(23)20-11-18-8-5-9-24-18/h4-10,14-15,22H,11-13H2,1-3H3,(H,20,23). The molecule has 1 heterocycles. The fourth-order valence-electron chi connectivity index (χ4n) is 2.53. The molecule has 0 fully saturated rings. The molecular weight excluding hydrogens is 304 g/mol. The molecule has 0 aliphatic carbocycles. The molecule has 1 aromatic carbocycles. The first-order valence-electron chi connectivity index (χ1n) is 8.27. The van der Waals surface area contributed by atoms with Gasteiger partial charge in [-0.05, 0) is 50.6 Å². The summed E-state index contributed by atoms with van der Waals surface area (Å²) in [5.41, 5.74) is 1.68. The van der Waals surface area contributed by atoms with Crippen molar-refractivity contribution in [1.82, 2.24) is 10.2 Å². The maximum absolute atomic E-state index is 12.3. The number of carbonyl (C=O) groups excluding carboxylic acids is 1. The van der Waals surface area contributed by atoms with Gasteiger partial charge in [-0.2, -0.15) is 0 Å². The van der Waals surface area contributed by atoms with Gasteiger partial charge in [-0.1, -0.05) is 12.1 Å². The summed E-state index contributed by atoms with van der Waals surface area (Å²) in [4.78, 5) is 14.5. The third kappa shape index (κ3) is 5.51. The molecule has 5 heteroatoms. The minimum Gasteiger partial charge on any atom is -0.467 e. The van der Waals surface area contributed by atoms with Crippen LogP contribution in [0.4, 0.5) is 0 Å². The summed E-state index contributed by atoms with van der Waals surface area (Å²) < 4.78 is 5.21. The lowest BCUT2D eigenvalue weighted by molar-refractivity contribution is 0.0945. The second-order valence-corrected chi connectivity index (χ2v) is 6.33. The molecule has 0 bridgehead atoms. The molecule has 5 nitrogen and oxygen atoms in total. The van der Waals surface area contributed by atoms with Gasteiger partial charge in [0, 0.05) is 24.7 Å². The summed E-state index contributed by atoms with van der Waals surface area (Å²) >= 11 is 0. The quantitative estimate of drug-likeness (QED) is 0.781. The monoisotopic (exact) mass is 330 g/mol. The van der Waals surface area contributed by atoms with E-state index in [2.05, 4.69) is 24.1 Å². The van der Waals surface area contributed by atoms with E-state index in [0.29, 0.717) is 31.2 Å². The summed E-state index contributed by atoms with van der Waals surface area (Å²) in [5.74, 6) is 0.599. The largest absolute Gasteiger partial charge is 0.467 e. The van der Waals surface area contributed by atoms with E-state index in [-0.39, 0.29) is 12.0 Å². The molecule has 2 N–H and O–H groups in total. The van der Waals surface area contributed by atoms with Crippen LogP contribution in [-0.2, 0) is 13.1 Å². The predicted octanol–water partition coefficient (Wildman–Crippen LogP) is 2.80. The molecule has 0 saturated carbocycles. The lowest BCUT2D eigenvalue weighted by atomic mass is 10.1. The van der Waals surface area contributed by atoms with Gasteiger partial charge in [0.1, 0.15) is 5.76 Å². The Balaban J connectivity index is 2.00. The zero-order chi connectivity index (χ0) is 17.5. The van der Waals surface area contributed by atoms with Crippen molar-refractivity contribution in [3.63, 3.8) is 0 Å². The molecule has 1 amide bonds. The highest BCUT2D eigenvalue weighted by Crippen LogP contribution is 2.12. The Morgan fingerprint density at radius 2 is 2.04 bits per heavy atom. The summed E-state index contributed by atoms with van der Waals surface area (Å²) in [6, 6.07) is 11.5. The molecule has 1 atom stereocenters. The van der Waals surface area contributed by atoms with Crippen LogP contribution in [0.25, 0.3) is 0 Å². The highest BCUT2D eigenvalue weighted by molar-refractivity contribution is 5.94. The summed E-state index contributed by atoms with van der Waals surface area (Å²) in [5, 5.41) is 12.5. The molecule has 0 spiro atoms. The molecule has 0 aliphatic rings. The van der Waals surface area contributed by atoms with Gasteiger partial charge in [0.15, 0.2) is 0 Å². The summed E-state index contributed by atoms with van der Waals surface area (Å²) in [6.45, 7) is 7.66. The molecular formula is C19H26N2O3. The van der Waals surface area contributed by atoms with E-state index in [0.717, 1.165) is 11.3 Å². The molecule has 24 heavy (non-hydrogen) atoms. The van der Waals surface area contributed by atoms with Crippen LogP contribution in [-0.4, -0.2) is 34.6 Å². The van der Waals surface area contributed by atoms with Gasteiger partial charge in [-0.3, -0.25) is 9.69 Å². The second kappa shape index (κ2) is 8.66. The number of rotatable bonds is 8. The maximum atomic E-state index is 12.3. The summed E-state index contributed by atoms with van der Waals surface area (Å²) in [7, 11) is 0. The minimum absolute atomic E-state index is 0.125. The van der Waals surface area contributed by atoms with Crippen molar-refractivity contribution >= 4 is 5.91 Å². The fourth-order valence-corrected chi connectivity index (χ4v) is 2.53. The first kappa shape index (κ1) is 18.2. The first-order chi connectivity index (χ1) is 11.5. The molecule has 2 rings (SSSR count). The van der Waals surface area contributed by atoms with E-state index in [1.165, 1.54) is 0 Å². The first-order valence-corrected chi connectivity index (χ1v) is 8.27. The number of nitrogens with one attached hydrogen (secondary N) is 1. The second-order valence-electron chi connectivity index (χ2n) is 6.33. The number of benzene rings is 1. The van der Waals surface area contributed by atoms with Crippen molar-refractivity contribution in [2.24, 2.45) is 0 Å². The molecule has 1 aromatic heterocycles. The Morgan fingerprint density at radius 3 is 2.67 bits per heavy atom. The number of hydrogen-bond donors (Lipinski definition) is 2. The molecule has 0 radical (unpaired) electrons. The van der Waals surface area contributed by atoms with Crippen molar-refractivity contribution in [3.8, 4) is 0 Å². The SMILES string of the molecule is CC(O)CN(Cc1cccc(C(=O)NCc2ccco2)c1)C(C)C. The van der Waals surface area contributed by atoms with Crippen molar-refractivity contribution in [1.29, 1.82) is 0 Å². The fraction of sp³-hybridized carbons (Fsp3) is 0.421. The van der Waals surface area contributed by atoms with Gasteiger partial charge < -0.3 is 14.8 Å². The Hall–Kier alpha value is -2.11. The van der Waals surface area contributed by atoms with Gasteiger partial charge in [0.25, 0.3) is 5.91 Å². The average molecular weight is 330 g/mol. The van der Waals surface area contributed by atoms with Crippen molar-refractivity contribution in [2.45, 2.75) is 46.0 Å². The van der Waals surface area contributed by atoms with Crippen LogP contribution in [0.2, 0.25) is 0 Å². The summed E-state index contributed by atoms with van der Waals surface area (Å²) in [6.07, 6.45) is 1.21. The normalized spacial score (nSPS) is 12.6. The van der Waals surface area contributed by atoms with Gasteiger partial charge in [0.05, 0.1) is 18.9 Å². The van der Waals surface area contributed by atoms with E-state index in [1.807, 2.05) is 24.3 Å².